The maximum atomic E-state index is 11.3. The van der Waals surface area contributed by atoms with Crippen molar-refractivity contribution in [3.8, 4) is 0 Å². The first kappa shape index (κ1) is 15.0. The average molecular weight is 293 g/mol. The molecule has 9 heteroatoms. The van der Waals surface area contributed by atoms with Gasteiger partial charge in [0.05, 0.1) is 11.5 Å². The molecule has 0 aliphatic carbocycles. The molecule has 0 radical (unpaired) electrons. The Kier molecular flexibility index (Phi) is 4.74. The highest BCUT2D eigenvalue weighted by molar-refractivity contribution is 7.99. The van der Waals surface area contributed by atoms with Crippen molar-refractivity contribution < 1.29 is 18.3 Å². The second kappa shape index (κ2) is 5.70. The zero-order valence-corrected chi connectivity index (χ0v) is 12.0. The van der Waals surface area contributed by atoms with E-state index in [1.165, 1.54) is 0 Å². The van der Waals surface area contributed by atoms with Crippen molar-refractivity contribution in [1.29, 1.82) is 0 Å². The van der Waals surface area contributed by atoms with Crippen molar-refractivity contribution in [1.82, 2.24) is 14.8 Å². The van der Waals surface area contributed by atoms with E-state index in [4.69, 9.17) is 5.11 Å². The topological polar surface area (TPSA) is 102 Å². The fourth-order valence-electron chi connectivity index (χ4n) is 1.59. The number of carbonyl (C=O) groups is 1. The van der Waals surface area contributed by atoms with Gasteiger partial charge < -0.3 is 9.67 Å². The highest BCUT2D eigenvalue weighted by atomic mass is 32.2. The van der Waals surface area contributed by atoms with Gasteiger partial charge in [-0.1, -0.05) is 11.8 Å². The normalized spacial score (nSPS) is 13.5. The van der Waals surface area contributed by atoms with Gasteiger partial charge in [-0.25, -0.2) is 8.42 Å². The van der Waals surface area contributed by atoms with Crippen molar-refractivity contribution in [3.05, 3.63) is 5.82 Å². The molecule has 1 heterocycles. The van der Waals surface area contributed by atoms with Gasteiger partial charge in [0.25, 0.3) is 0 Å². The molecule has 1 N–H and O–H groups in total. The predicted molar refractivity (Wildman–Crippen MR) is 67.5 cm³/mol. The lowest BCUT2D eigenvalue weighted by Crippen LogP contribution is -2.18. The minimum absolute atomic E-state index is 0.0352. The van der Waals surface area contributed by atoms with E-state index < -0.39 is 15.8 Å². The van der Waals surface area contributed by atoms with Crippen LogP contribution in [0.5, 0.6) is 0 Å². The maximum absolute atomic E-state index is 11.3. The fraction of sp³-hybridized carbons (Fsp3) is 0.667. The molecular weight excluding hydrogens is 278 g/mol. The Morgan fingerprint density at radius 3 is 2.61 bits per heavy atom. The molecule has 1 unspecified atom stereocenters. The lowest BCUT2D eigenvalue weighted by atomic mass is 10.4. The number of aliphatic carboxylic acids is 1. The molecule has 0 aromatic carbocycles. The molecule has 0 saturated carbocycles. The summed E-state index contributed by atoms with van der Waals surface area (Å²) in [7, 11) is -3.12. The first-order valence-electron chi connectivity index (χ1n) is 5.14. The standard InChI is InChI=1S/C9H15N3O4S2/c1-6(5-18(3,15)16)12-7(2)10-11-9(12)17-4-8(13)14/h6H,4-5H2,1-3H3,(H,13,14). The summed E-state index contributed by atoms with van der Waals surface area (Å²) in [5.41, 5.74) is 0. The second-order valence-corrected chi connectivity index (χ2v) is 7.15. The molecule has 0 spiro atoms. The first-order valence-corrected chi connectivity index (χ1v) is 8.19. The Bertz CT molecular complexity index is 538. The van der Waals surface area contributed by atoms with Gasteiger partial charge in [0.1, 0.15) is 15.7 Å². The summed E-state index contributed by atoms with van der Waals surface area (Å²) in [6.07, 6.45) is 1.16. The van der Waals surface area contributed by atoms with Gasteiger partial charge in [-0.05, 0) is 13.8 Å². The zero-order chi connectivity index (χ0) is 13.9. The van der Waals surface area contributed by atoms with Crippen LogP contribution in [-0.4, -0.2) is 52.0 Å². The number of carboxylic acids is 1. The van der Waals surface area contributed by atoms with E-state index in [0.717, 1.165) is 18.0 Å². The van der Waals surface area contributed by atoms with E-state index in [1.807, 2.05) is 0 Å². The molecule has 102 valence electrons. The van der Waals surface area contributed by atoms with Crippen LogP contribution < -0.4 is 0 Å². The molecule has 7 nitrogen and oxygen atoms in total. The minimum Gasteiger partial charge on any atom is -0.481 e. The Hall–Kier alpha value is -1.09. The van der Waals surface area contributed by atoms with Gasteiger partial charge in [-0.2, -0.15) is 0 Å². The summed E-state index contributed by atoms with van der Waals surface area (Å²) in [6, 6.07) is -0.328. The van der Waals surface area contributed by atoms with E-state index in [-0.39, 0.29) is 17.5 Å². The molecule has 0 saturated heterocycles. The molecule has 1 aromatic rings. The number of thioether (sulfide) groups is 1. The third-order valence-electron chi connectivity index (χ3n) is 2.14. The van der Waals surface area contributed by atoms with Gasteiger partial charge in [0.2, 0.25) is 0 Å². The number of carboxylic acid groups (broad SMARTS) is 1. The molecule has 1 rings (SSSR count). The van der Waals surface area contributed by atoms with E-state index in [9.17, 15) is 13.2 Å². The van der Waals surface area contributed by atoms with Crippen molar-refractivity contribution in [2.24, 2.45) is 0 Å². The third kappa shape index (κ3) is 4.30. The number of aryl methyl sites for hydroxylation is 1. The molecule has 0 aliphatic rings. The molecule has 0 fully saturated rings. The van der Waals surface area contributed by atoms with Crippen molar-refractivity contribution >= 4 is 27.6 Å². The molecule has 1 atom stereocenters. The van der Waals surface area contributed by atoms with E-state index in [1.54, 1.807) is 18.4 Å². The van der Waals surface area contributed by atoms with Crippen LogP contribution in [0.15, 0.2) is 5.16 Å². The Balaban J connectivity index is 2.93. The van der Waals surface area contributed by atoms with Crippen LogP contribution in [0.4, 0.5) is 0 Å². The van der Waals surface area contributed by atoms with Crippen molar-refractivity contribution in [3.63, 3.8) is 0 Å². The summed E-state index contributed by atoms with van der Waals surface area (Å²) >= 11 is 1.03. The number of sulfone groups is 1. The molecular formula is C9H15N3O4S2. The van der Waals surface area contributed by atoms with Gasteiger partial charge in [0.15, 0.2) is 5.16 Å². The van der Waals surface area contributed by atoms with Crippen LogP contribution in [0.25, 0.3) is 0 Å². The lowest BCUT2D eigenvalue weighted by Gasteiger charge is -2.15. The van der Waals surface area contributed by atoms with Gasteiger partial charge >= 0.3 is 5.97 Å². The number of aromatic nitrogens is 3. The number of nitrogens with zero attached hydrogens (tertiary/aromatic N) is 3. The first-order chi connectivity index (χ1) is 8.20. The largest absolute Gasteiger partial charge is 0.481 e. The predicted octanol–water partition coefficient (Wildman–Crippen LogP) is 0.369. The summed E-state index contributed by atoms with van der Waals surface area (Å²) in [6.45, 7) is 3.44. The van der Waals surface area contributed by atoms with Gasteiger partial charge in [-0.3, -0.25) is 4.79 Å². The highest BCUT2D eigenvalue weighted by Gasteiger charge is 2.19. The van der Waals surface area contributed by atoms with Gasteiger partial charge in [0, 0.05) is 12.3 Å². The minimum atomic E-state index is -3.12. The van der Waals surface area contributed by atoms with E-state index >= 15 is 0 Å². The monoisotopic (exact) mass is 293 g/mol. The van der Waals surface area contributed by atoms with Crippen molar-refractivity contribution in [2.45, 2.75) is 25.0 Å². The lowest BCUT2D eigenvalue weighted by molar-refractivity contribution is -0.133. The Morgan fingerprint density at radius 1 is 1.50 bits per heavy atom. The highest BCUT2D eigenvalue weighted by Crippen LogP contribution is 2.22. The van der Waals surface area contributed by atoms with Crippen LogP contribution in [-0.2, 0) is 14.6 Å². The van der Waals surface area contributed by atoms with Gasteiger partial charge in [-0.15, -0.1) is 10.2 Å². The van der Waals surface area contributed by atoms with Crippen molar-refractivity contribution in [2.75, 3.05) is 17.8 Å². The Labute approximate surface area is 110 Å². The quantitative estimate of drug-likeness (QED) is 0.756. The Morgan fingerprint density at radius 2 is 2.11 bits per heavy atom. The van der Waals surface area contributed by atoms with Crippen LogP contribution in [0.2, 0.25) is 0 Å². The molecule has 0 bridgehead atoms. The summed E-state index contributed by atoms with van der Waals surface area (Å²) in [5.74, 6) is -0.557. The van der Waals surface area contributed by atoms with Crippen LogP contribution in [0, 0.1) is 6.92 Å². The van der Waals surface area contributed by atoms with Crippen LogP contribution in [0.3, 0.4) is 0 Å². The second-order valence-electron chi connectivity index (χ2n) is 4.02. The third-order valence-corrected chi connectivity index (χ3v) is 4.16. The van der Waals surface area contributed by atoms with Crippen LogP contribution >= 0.6 is 11.8 Å². The number of hydrogen-bond donors (Lipinski definition) is 1. The SMILES string of the molecule is Cc1nnc(SCC(=O)O)n1C(C)CS(C)(=O)=O. The zero-order valence-electron chi connectivity index (χ0n) is 10.3. The summed E-state index contributed by atoms with van der Waals surface area (Å²) < 4.78 is 24.2. The van der Waals surface area contributed by atoms with E-state index in [0.29, 0.717) is 11.0 Å². The molecule has 0 amide bonds. The number of hydrogen-bond acceptors (Lipinski definition) is 6. The smallest absolute Gasteiger partial charge is 0.313 e. The fourth-order valence-corrected chi connectivity index (χ4v) is 3.42. The number of rotatable bonds is 6. The molecule has 0 aliphatic heterocycles. The molecule has 18 heavy (non-hydrogen) atoms. The van der Waals surface area contributed by atoms with E-state index in [2.05, 4.69) is 10.2 Å². The van der Waals surface area contributed by atoms with Crippen LogP contribution in [0.1, 0.15) is 18.8 Å². The maximum Gasteiger partial charge on any atom is 0.313 e. The summed E-state index contributed by atoms with van der Waals surface area (Å²) in [5, 5.41) is 16.8. The molecule has 1 aromatic heterocycles. The average Bonchev–Trinajstić information content (AvgIpc) is 2.53. The summed E-state index contributed by atoms with van der Waals surface area (Å²) in [4.78, 5) is 10.5.